The number of hydrogen-bond donors (Lipinski definition) is 0. The summed E-state index contributed by atoms with van der Waals surface area (Å²) in [7, 11) is -1.83. The minimum atomic E-state index is -1.83. The molecule has 1 aromatic carbocycles. The molecule has 0 saturated carbocycles. The highest BCUT2D eigenvalue weighted by atomic mass is 28.4. The number of hydrogen-bond acceptors (Lipinski definition) is 2. The largest absolute Gasteiger partial charge is 0.414 e. The van der Waals surface area contributed by atoms with Gasteiger partial charge in [-0.3, -0.25) is 0 Å². The van der Waals surface area contributed by atoms with Crippen LogP contribution in [-0.2, 0) is 15.8 Å². The van der Waals surface area contributed by atoms with Gasteiger partial charge in [-0.15, -0.1) is 6.58 Å². The van der Waals surface area contributed by atoms with E-state index in [4.69, 9.17) is 9.16 Å². The van der Waals surface area contributed by atoms with Gasteiger partial charge in [0, 0.05) is 0 Å². The van der Waals surface area contributed by atoms with Crippen molar-refractivity contribution in [2.24, 2.45) is 0 Å². The van der Waals surface area contributed by atoms with Crippen LogP contribution < -0.4 is 0 Å². The average Bonchev–Trinajstić information content (AvgIpc) is 2.76. The van der Waals surface area contributed by atoms with Gasteiger partial charge >= 0.3 is 0 Å². The van der Waals surface area contributed by atoms with Gasteiger partial charge in [-0.2, -0.15) is 0 Å². The highest BCUT2D eigenvalue weighted by Gasteiger charge is 2.39. The van der Waals surface area contributed by atoms with Crippen molar-refractivity contribution >= 4 is 8.32 Å². The number of benzene rings is 1. The first kappa shape index (κ1) is 30.1. The Hall–Kier alpha value is -0.903. The molecular formula is C30H54O2Si. The molecule has 33 heavy (non-hydrogen) atoms. The zero-order chi connectivity index (χ0) is 24.6. The van der Waals surface area contributed by atoms with Gasteiger partial charge in [0.25, 0.3) is 0 Å². The van der Waals surface area contributed by atoms with Crippen LogP contribution in [0.15, 0.2) is 43.0 Å². The molecule has 2 nitrogen and oxygen atoms in total. The molecule has 190 valence electrons. The normalized spacial score (nSPS) is 14.2. The maximum Gasteiger partial charge on any atom is 0.192 e. The van der Waals surface area contributed by atoms with Crippen molar-refractivity contribution in [3.63, 3.8) is 0 Å². The van der Waals surface area contributed by atoms with Crippen molar-refractivity contribution in [2.75, 3.05) is 0 Å². The quantitative estimate of drug-likeness (QED) is 0.113. The maximum absolute atomic E-state index is 6.80. The fourth-order valence-electron chi connectivity index (χ4n) is 4.01. The Morgan fingerprint density at radius 3 is 2.00 bits per heavy atom. The van der Waals surface area contributed by atoms with E-state index >= 15 is 0 Å². The minimum Gasteiger partial charge on any atom is -0.414 e. The van der Waals surface area contributed by atoms with Gasteiger partial charge < -0.3 is 9.16 Å². The topological polar surface area (TPSA) is 18.5 Å². The summed E-state index contributed by atoms with van der Waals surface area (Å²) in [4.78, 5) is 0. The monoisotopic (exact) mass is 474 g/mol. The van der Waals surface area contributed by atoms with Gasteiger partial charge in [0.1, 0.15) is 0 Å². The second-order valence-electron chi connectivity index (χ2n) is 11.3. The van der Waals surface area contributed by atoms with Crippen molar-refractivity contribution in [3.8, 4) is 0 Å². The third-order valence-corrected chi connectivity index (χ3v) is 11.7. The van der Waals surface area contributed by atoms with Crippen molar-refractivity contribution in [2.45, 2.75) is 142 Å². The summed E-state index contributed by atoms with van der Waals surface area (Å²) < 4.78 is 13.3. The van der Waals surface area contributed by atoms with Gasteiger partial charge in [-0.25, -0.2) is 0 Å². The minimum absolute atomic E-state index is 0.197. The third kappa shape index (κ3) is 13.5. The van der Waals surface area contributed by atoms with Crippen LogP contribution in [0.2, 0.25) is 18.1 Å². The van der Waals surface area contributed by atoms with Crippen LogP contribution in [0.3, 0.4) is 0 Å². The molecule has 0 aliphatic rings. The van der Waals surface area contributed by atoms with Gasteiger partial charge in [-0.1, -0.05) is 122 Å². The molecule has 0 amide bonds. The molecule has 0 unspecified atom stereocenters. The Balaban J connectivity index is 2.60. The van der Waals surface area contributed by atoms with Crippen LogP contribution in [0.4, 0.5) is 0 Å². The van der Waals surface area contributed by atoms with E-state index in [0.29, 0.717) is 6.61 Å². The molecule has 0 N–H and O–H groups in total. The van der Waals surface area contributed by atoms with Crippen LogP contribution in [0, 0.1) is 0 Å². The molecule has 0 spiro atoms. The molecule has 0 aliphatic heterocycles. The molecule has 0 fully saturated rings. The Morgan fingerprint density at radius 1 is 0.879 bits per heavy atom. The van der Waals surface area contributed by atoms with Crippen molar-refractivity contribution < 1.29 is 9.16 Å². The van der Waals surface area contributed by atoms with E-state index < -0.39 is 8.32 Å². The first-order valence-electron chi connectivity index (χ1n) is 13.6. The second-order valence-corrected chi connectivity index (χ2v) is 16.1. The predicted octanol–water partition coefficient (Wildman–Crippen LogP) is 9.85. The summed E-state index contributed by atoms with van der Waals surface area (Å²) in [6, 6.07) is 10.6. The second kappa shape index (κ2) is 16.7. The van der Waals surface area contributed by atoms with Crippen LogP contribution >= 0.6 is 0 Å². The molecule has 0 aliphatic carbocycles. The molecule has 3 heteroatoms. The summed E-state index contributed by atoms with van der Waals surface area (Å²) in [5, 5.41) is 0.212. The predicted molar refractivity (Wildman–Crippen MR) is 148 cm³/mol. The van der Waals surface area contributed by atoms with Crippen LogP contribution in [0.25, 0.3) is 0 Å². The summed E-state index contributed by atoms with van der Waals surface area (Å²) in [6.07, 6.45) is 17.7. The van der Waals surface area contributed by atoms with E-state index in [1.54, 1.807) is 0 Å². The molecule has 0 heterocycles. The summed E-state index contributed by atoms with van der Waals surface area (Å²) in [5.41, 5.74) is 1.25. The highest BCUT2D eigenvalue weighted by Crippen LogP contribution is 2.38. The summed E-state index contributed by atoms with van der Waals surface area (Å²) in [6.45, 7) is 18.6. The van der Waals surface area contributed by atoms with Crippen LogP contribution in [0.1, 0.15) is 110 Å². The van der Waals surface area contributed by atoms with E-state index in [-0.39, 0.29) is 17.2 Å². The lowest BCUT2D eigenvalue weighted by Gasteiger charge is -2.40. The Bertz CT molecular complexity index is 605. The average molecular weight is 475 g/mol. The lowest BCUT2D eigenvalue weighted by molar-refractivity contribution is 0.00134. The maximum atomic E-state index is 6.80. The molecular weight excluding hydrogens is 420 g/mol. The van der Waals surface area contributed by atoms with Crippen molar-refractivity contribution in [3.05, 3.63) is 48.6 Å². The molecule has 0 aromatic heterocycles. The molecule has 1 aromatic rings. The van der Waals surface area contributed by atoms with E-state index in [0.717, 1.165) is 19.3 Å². The van der Waals surface area contributed by atoms with Crippen LogP contribution in [-0.4, -0.2) is 20.5 Å². The molecule has 0 saturated heterocycles. The Labute approximate surface area is 207 Å². The van der Waals surface area contributed by atoms with E-state index in [1.807, 2.05) is 6.08 Å². The van der Waals surface area contributed by atoms with Crippen LogP contribution in [0.5, 0.6) is 0 Å². The van der Waals surface area contributed by atoms with E-state index in [2.05, 4.69) is 77.7 Å². The first-order valence-corrected chi connectivity index (χ1v) is 16.5. The Morgan fingerprint density at radius 2 is 1.45 bits per heavy atom. The van der Waals surface area contributed by atoms with Gasteiger partial charge in [0.05, 0.1) is 18.8 Å². The zero-order valence-corrected chi connectivity index (χ0v) is 23.8. The lowest BCUT2D eigenvalue weighted by Crippen LogP contribution is -2.44. The fourth-order valence-corrected chi connectivity index (χ4v) is 5.38. The molecule has 0 bridgehead atoms. The summed E-state index contributed by atoms with van der Waals surface area (Å²) >= 11 is 0. The summed E-state index contributed by atoms with van der Waals surface area (Å²) in [5.74, 6) is 0. The van der Waals surface area contributed by atoms with Gasteiger partial charge in [0.15, 0.2) is 8.32 Å². The number of rotatable bonds is 19. The lowest BCUT2D eigenvalue weighted by atomic mass is 10.0. The first-order chi connectivity index (χ1) is 15.7. The Kier molecular flexibility index (Phi) is 15.2. The fraction of sp³-hybridized carbons (Fsp3) is 0.733. The number of ether oxygens (including phenoxy) is 1. The highest BCUT2D eigenvalue weighted by molar-refractivity contribution is 6.74. The number of unbranched alkanes of at least 4 members (excludes halogenated alkanes) is 8. The smallest absolute Gasteiger partial charge is 0.192 e. The standard InChI is InChI=1S/C30H54O2Si/c1-8-10-11-12-13-14-15-16-20-24-28(31-26-27-22-18-17-19-23-27)25-29(21-9-2)32-33(6,7)30(3,4)5/h9,17-19,22-23,28-29H,2,8,10-16,20-21,24-26H2,1,3-7H3/t28-,29-/m1/s1. The SMILES string of the molecule is C=CC[C@H](C[C@@H](CCCCCCCCCCC)OCc1ccccc1)O[Si](C)(C)C(C)(C)C. The molecule has 1 rings (SSSR count). The van der Waals surface area contributed by atoms with Crippen molar-refractivity contribution in [1.29, 1.82) is 0 Å². The molecule has 2 atom stereocenters. The zero-order valence-electron chi connectivity index (χ0n) is 22.8. The van der Waals surface area contributed by atoms with Gasteiger partial charge in [-0.05, 0) is 43.0 Å². The molecule has 0 radical (unpaired) electrons. The van der Waals surface area contributed by atoms with E-state index in [9.17, 15) is 0 Å². The van der Waals surface area contributed by atoms with Gasteiger partial charge in [0.2, 0.25) is 0 Å². The van der Waals surface area contributed by atoms with E-state index in [1.165, 1.54) is 63.4 Å². The van der Waals surface area contributed by atoms with Crippen molar-refractivity contribution in [1.82, 2.24) is 0 Å². The third-order valence-electron chi connectivity index (χ3n) is 7.18.